The molecule has 2 rings (SSSR count). The van der Waals surface area contributed by atoms with E-state index in [1.807, 2.05) is 0 Å². The zero-order valence-electron chi connectivity index (χ0n) is 5.84. The third kappa shape index (κ3) is 0.973. The molecule has 0 radical (unpaired) electrons. The molecule has 0 saturated heterocycles. The van der Waals surface area contributed by atoms with Gasteiger partial charge in [0.15, 0.2) is 0 Å². The normalized spacial score (nSPS) is 21.1. The van der Waals surface area contributed by atoms with Crippen LogP contribution in [0.2, 0.25) is 0 Å². The number of fused-ring (bicyclic) bond motifs is 1. The molecular formula is C8H8FNO. The molecule has 0 spiro atoms. The van der Waals surface area contributed by atoms with Gasteiger partial charge >= 0.3 is 0 Å². The van der Waals surface area contributed by atoms with E-state index in [-0.39, 0.29) is 5.82 Å². The van der Waals surface area contributed by atoms with Crippen molar-refractivity contribution in [3.05, 3.63) is 29.6 Å². The van der Waals surface area contributed by atoms with Gasteiger partial charge in [-0.2, -0.15) is 0 Å². The van der Waals surface area contributed by atoms with Crippen molar-refractivity contribution in [3.63, 3.8) is 0 Å². The lowest BCUT2D eigenvalue weighted by Gasteiger charge is -1.99. The molecule has 1 heterocycles. The first-order valence-electron chi connectivity index (χ1n) is 3.49. The minimum absolute atomic E-state index is 0.244. The number of rotatable bonds is 0. The molecule has 1 atom stereocenters. The Labute approximate surface area is 63.7 Å². The van der Waals surface area contributed by atoms with Crippen molar-refractivity contribution in [2.75, 3.05) is 5.32 Å². The average Bonchev–Trinajstić information content (AvgIpc) is 2.31. The summed E-state index contributed by atoms with van der Waals surface area (Å²) in [5.74, 6) is -0.244. The van der Waals surface area contributed by atoms with Crippen LogP contribution < -0.4 is 5.32 Å². The summed E-state index contributed by atoms with van der Waals surface area (Å²) in [4.78, 5) is 0. The Kier molecular flexibility index (Phi) is 1.32. The van der Waals surface area contributed by atoms with Gasteiger partial charge in [-0.3, -0.25) is 0 Å². The summed E-state index contributed by atoms with van der Waals surface area (Å²) >= 11 is 0. The average molecular weight is 153 g/mol. The van der Waals surface area contributed by atoms with Crippen molar-refractivity contribution in [3.8, 4) is 0 Å². The number of hydrogen-bond donors (Lipinski definition) is 2. The van der Waals surface area contributed by atoms with Gasteiger partial charge in [-0.25, -0.2) is 4.39 Å². The summed E-state index contributed by atoms with van der Waals surface area (Å²) in [7, 11) is 0. The summed E-state index contributed by atoms with van der Waals surface area (Å²) in [6.07, 6.45) is -0.260. The second-order valence-corrected chi connectivity index (χ2v) is 2.63. The van der Waals surface area contributed by atoms with Crippen LogP contribution in [0.25, 0.3) is 0 Å². The van der Waals surface area contributed by atoms with Crippen LogP contribution in [0, 0.1) is 5.82 Å². The number of anilines is 1. The molecule has 3 heteroatoms. The molecule has 0 amide bonds. The van der Waals surface area contributed by atoms with Crippen LogP contribution in [0.4, 0.5) is 10.1 Å². The highest BCUT2D eigenvalue weighted by Crippen LogP contribution is 2.26. The molecule has 1 aromatic rings. The van der Waals surface area contributed by atoms with E-state index in [2.05, 4.69) is 5.32 Å². The fourth-order valence-corrected chi connectivity index (χ4v) is 1.33. The summed E-state index contributed by atoms with van der Waals surface area (Å²) in [5, 5.41) is 11.9. The molecule has 1 aliphatic rings. The Balaban J connectivity index is 2.49. The van der Waals surface area contributed by atoms with Crippen molar-refractivity contribution in [2.45, 2.75) is 12.6 Å². The minimum atomic E-state index is -0.623. The summed E-state index contributed by atoms with van der Waals surface area (Å²) in [6, 6.07) is 4.78. The maximum Gasteiger partial charge on any atom is 0.128 e. The van der Waals surface area contributed by atoms with Crippen LogP contribution in [-0.2, 0) is 6.42 Å². The fourth-order valence-electron chi connectivity index (χ4n) is 1.33. The van der Waals surface area contributed by atoms with Gasteiger partial charge in [-0.15, -0.1) is 0 Å². The van der Waals surface area contributed by atoms with Crippen LogP contribution in [0.3, 0.4) is 0 Å². The molecule has 1 unspecified atom stereocenters. The van der Waals surface area contributed by atoms with Crippen molar-refractivity contribution in [1.82, 2.24) is 0 Å². The second kappa shape index (κ2) is 2.20. The molecule has 0 aromatic heterocycles. The highest BCUT2D eigenvalue weighted by molar-refractivity contribution is 5.56. The number of aliphatic hydroxyl groups is 1. The van der Waals surface area contributed by atoms with E-state index in [9.17, 15) is 4.39 Å². The van der Waals surface area contributed by atoms with Crippen molar-refractivity contribution < 1.29 is 9.50 Å². The molecule has 2 nitrogen and oxygen atoms in total. The smallest absolute Gasteiger partial charge is 0.128 e. The van der Waals surface area contributed by atoms with Crippen LogP contribution in [0.15, 0.2) is 18.2 Å². The van der Waals surface area contributed by atoms with Crippen LogP contribution >= 0.6 is 0 Å². The van der Waals surface area contributed by atoms with Crippen LogP contribution in [0.1, 0.15) is 5.56 Å². The first kappa shape index (κ1) is 6.61. The van der Waals surface area contributed by atoms with E-state index in [1.165, 1.54) is 6.07 Å². The Morgan fingerprint density at radius 3 is 3.09 bits per heavy atom. The second-order valence-electron chi connectivity index (χ2n) is 2.63. The standard InChI is InChI=1S/C8H8FNO/c9-6-2-1-3-7-5(6)4-8(11)10-7/h1-3,8,10-11H,4H2. The Bertz CT molecular complexity index is 287. The molecule has 2 N–H and O–H groups in total. The first-order valence-corrected chi connectivity index (χ1v) is 3.49. The van der Waals surface area contributed by atoms with Gasteiger partial charge in [-0.05, 0) is 12.1 Å². The summed E-state index contributed by atoms with van der Waals surface area (Å²) in [6.45, 7) is 0. The van der Waals surface area contributed by atoms with Crippen molar-refractivity contribution in [2.24, 2.45) is 0 Å². The largest absolute Gasteiger partial charge is 0.373 e. The quantitative estimate of drug-likeness (QED) is 0.585. The molecule has 0 bridgehead atoms. The SMILES string of the molecule is OC1Cc2c(F)cccc2N1. The third-order valence-corrected chi connectivity index (χ3v) is 1.84. The predicted octanol–water partition coefficient (Wildman–Crippen LogP) is 1.11. The van der Waals surface area contributed by atoms with E-state index < -0.39 is 6.23 Å². The maximum atomic E-state index is 12.9. The molecule has 0 saturated carbocycles. The van der Waals surface area contributed by atoms with Gasteiger partial charge in [0.1, 0.15) is 12.0 Å². The van der Waals surface area contributed by atoms with E-state index in [1.54, 1.807) is 12.1 Å². The maximum absolute atomic E-state index is 12.9. The third-order valence-electron chi connectivity index (χ3n) is 1.84. The lowest BCUT2D eigenvalue weighted by atomic mass is 10.1. The number of halogens is 1. The lowest BCUT2D eigenvalue weighted by Crippen LogP contribution is -2.12. The zero-order chi connectivity index (χ0) is 7.84. The fraction of sp³-hybridized carbons (Fsp3) is 0.250. The van der Waals surface area contributed by atoms with Crippen molar-refractivity contribution >= 4 is 5.69 Å². The van der Waals surface area contributed by atoms with E-state index in [4.69, 9.17) is 5.11 Å². The van der Waals surface area contributed by atoms with Gasteiger partial charge in [0, 0.05) is 17.7 Å². The number of benzene rings is 1. The van der Waals surface area contributed by atoms with Crippen LogP contribution in [-0.4, -0.2) is 11.3 Å². The van der Waals surface area contributed by atoms with Crippen molar-refractivity contribution in [1.29, 1.82) is 0 Å². The van der Waals surface area contributed by atoms with E-state index in [0.29, 0.717) is 17.7 Å². The molecule has 0 fully saturated rings. The molecule has 0 aliphatic carbocycles. The minimum Gasteiger partial charge on any atom is -0.373 e. The first-order chi connectivity index (χ1) is 5.27. The molecule has 58 valence electrons. The van der Waals surface area contributed by atoms with Gasteiger partial charge in [0.05, 0.1) is 0 Å². The van der Waals surface area contributed by atoms with E-state index in [0.717, 1.165) is 0 Å². The molecule has 1 aromatic carbocycles. The zero-order valence-corrected chi connectivity index (χ0v) is 5.84. The van der Waals surface area contributed by atoms with Crippen LogP contribution in [0.5, 0.6) is 0 Å². The Morgan fingerprint density at radius 2 is 2.36 bits per heavy atom. The monoisotopic (exact) mass is 153 g/mol. The topological polar surface area (TPSA) is 32.3 Å². The summed E-state index contributed by atoms with van der Waals surface area (Å²) in [5.41, 5.74) is 1.29. The molecular weight excluding hydrogens is 145 g/mol. The van der Waals surface area contributed by atoms with Gasteiger partial charge < -0.3 is 10.4 Å². The van der Waals surface area contributed by atoms with Gasteiger partial charge in [-0.1, -0.05) is 6.07 Å². The van der Waals surface area contributed by atoms with E-state index >= 15 is 0 Å². The Morgan fingerprint density at radius 1 is 1.55 bits per heavy atom. The molecule has 1 aliphatic heterocycles. The highest BCUT2D eigenvalue weighted by atomic mass is 19.1. The lowest BCUT2D eigenvalue weighted by molar-refractivity contribution is 0.211. The number of hydrogen-bond acceptors (Lipinski definition) is 2. The molecule has 11 heavy (non-hydrogen) atoms. The van der Waals surface area contributed by atoms with Gasteiger partial charge in [0.25, 0.3) is 0 Å². The summed E-state index contributed by atoms with van der Waals surface area (Å²) < 4.78 is 12.9. The number of nitrogens with one attached hydrogen (secondary N) is 1. The Hall–Kier alpha value is -1.09. The predicted molar refractivity (Wildman–Crippen MR) is 39.7 cm³/mol. The van der Waals surface area contributed by atoms with Gasteiger partial charge in [0.2, 0.25) is 0 Å². The number of aliphatic hydroxyl groups excluding tert-OH is 1. The highest BCUT2D eigenvalue weighted by Gasteiger charge is 2.20.